The van der Waals surface area contributed by atoms with Gasteiger partial charge in [-0.1, -0.05) is 49.4 Å². The van der Waals surface area contributed by atoms with Gasteiger partial charge in [-0.25, -0.2) is 8.42 Å². The Hall–Kier alpha value is -2.86. The molecule has 0 bridgehead atoms. The fourth-order valence-corrected chi connectivity index (χ4v) is 3.79. The van der Waals surface area contributed by atoms with Crippen LogP contribution in [0.25, 0.3) is 10.8 Å². The van der Waals surface area contributed by atoms with Crippen molar-refractivity contribution in [3.8, 4) is 5.75 Å². The predicted molar refractivity (Wildman–Crippen MR) is 115 cm³/mol. The highest BCUT2D eigenvalue weighted by molar-refractivity contribution is 7.90. The first-order chi connectivity index (χ1) is 13.8. The van der Waals surface area contributed by atoms with Crippen LogP contribution in [0.4, 0.5) is 0 Å². The zero-order valence-corrected chi connectivity index (χ0v) is 17.6. The molecular formula is C23H25NO4S. The Morgan fingerprint density at radius 2 is 1.66 bits per heavy atom. The Labute approximate surface area is 171 Å². The Kier molecular flexibility index (Phi) is 6.23. The van der Waals surface area contributed by atoms with E-state index in [1.807, 2.05) is 49.4 Å². The summed E-state index contributed by atoms with van der Waals surface area (Å²) in [6, 6.07) is 20.1. The molecule has 0 fully saturated rings. The third-order valence-electron chi connectivity index (χ3n) is 4.84. The minimum absolute atomic E-state index is 0.223. The number of sulfone groups is 1. The summed E-state index contributed by atoms with van der Waals surface area (Å²) in [4.78, 5) is 12.9. The van der Waals surface area contributed by atoms with Gasteiger partial charge in [0.15, 0.2) is 15.9 Å². The van der Waals surface area contributed by atoms with Gasteiger partial charge in [0.1, 0.15) is 5.75 Å². The number of carbonyl (C=O) groups excluding carboxylic acids is 1. The second-order valence-electron chi connectivity index (χ2n) is 7.08. The quantitative estimate of drug-likeness (QED) is 0.630. The molecule has 0 aliphatic heterocycles. The number of amides is 1. The first-order valence-electron chi connectivity index (χ1n) is 9.54. The summed E-state index contributed by atoms with van der Waals surface area (Å²) in [5.74, 6) is 0.411. The summed E-state index contributed by atoms with van der Waals surface area (Å²) in [5.41, 5.74) is 0.853. The van der Waals surface area contributed by atoms with Gasteiger partial charge in [0.05, 0.1) is 10.9 Å². The molecule has 5 nitrogen and oxygen atoms in total. The van der Waals surface area contributed by atoms with Crippen molar-refractivity contribution in [2.75, 3.05) is 6.26 Å². The molecule has 3 rings (SSSR count). The average Bonchev–Trinajstić information content (AvgIpc) is 2.71. The van der Waals surface area contributed by atoms with Crippen molar-refractivity contribution in [2.24, 2.45) is 0 Å². The molecule has 29 heavy (non-hydrogen) atoms. The lowest BCUT2D eigenvalue weighted by molar-refractivity contribution is -0.128. The van der Waals surface area contributed by atoms with Crippen LogP contribution in [0.3, 0.4) is 0 Å². The second kappa shape index (κ2) is 8.66. The average molecular weight is 412 g/mol. The molecule has 1 N–H and O–H groups in total. The van der Waals surface area contributed by atoms with Gasteiger partial charge in [-0.15, -0.1) is 0 Å². The van der Waals surface area contributed by atoms with E-state index >= 15 is 0 Å². The summed E-state index contributed by atoms with van der Waals surface area (Å²) >= 11 is 0. The summed E-state index contributed by atoms with van der Waals surface area (Å²) in [7, 11) is -3.25. The molecule has 3 aromatic rings. The van der Waals surface area contributed by atoms with Crippen LogP contribution in [0.1, 0.15) is 31.9 Å². The number of hydrogen-bond acceptors (Lipinski definition) is 4. The smallest absolute Gasteiger partial charge is 0.261 e. The first kappa shape index (κ1) is 20.9. The van der Waals surface area contributed by atoms with E-state index in [1.54, 1.807) is 31.2 Å². The number of nitrogens with one attached hydrogen (secondary N) is 1. The van der Waals surface area contributed by atoms with Crippen LogP contribution in [0.15, 0.2) is 71.6 Å². The van der Waals surface area contributed by atoms with Crippen molar-refractivity contribution >= 4 is 26.5 Å². The largest absolute Gasteiger partial charge is 0.481 e. The molecule has 152 valence electrons. The van der Waals surface area contributed by atoms with Crippen molar-refractivity contribution in [3.05, 3.63) is 72.3 Å². The summed E-state index contributed by atoms with van der Waals surface area (Å²) < 4.78 is 29.1. The second-order valence-corrected chi connectivity index (χ2v) is 9.10. The third kappa shape index (κ3) is 5.15. The van der Waals surface area contributed by atoms with E-state index < -0.39 is 15.9 Å². The number of benzene rings is 3. The highest BCUT2D eigenvalue weighted by Crippen LogP contribution is 2.23. The molecule has 6 heteroatoms. The van der Waals surface area contributed by atoms with Gasteiger partial charge < -0.3 is 10.1 Å². The minimum atomic E-state index is -3.25. The molecule has 0 aliphatic rings. The molecule has 0 heterocycles. The van der Waals surface area contributed by atoms with Crippen molar-refractivity contribution in [1.82, 2.24) is 5.32 Å². The van der Waals surface area contributed by atoms with Gasteiger partial charge in [-0.05, 0) is 53.9 Å². The molecular weight excluding hydrogens is 386 g/mol. The van der Waals surface area contributed by atoms with E-state index in [0.29, 0.717) is 12.2 Å². The van der Waals surface area contributed by atoms with Crippen molar-refractivity contribution in [3.63, 3.8) is 0 Å². The van der Waals surface area contributed by atoms with Gasteiger partial charge in [0.2, 0.25) is 0 Å². The van der Waals surface area contributed by atoms with Crippen LogP contribution < -0.4 is 10.1 Å². The normalized spacial score (nSPS) is 13.6. The Morgan fingerprint density at radius 1 is 1.00 bits per heavy atom. The van der Waals surface area contributed by atoms with Gasteiger partial charge >= 0.3 is 0 Å². The Balaban J connectivity index is 1.68. The fraction of sp³-hybridized carbons (Fsp3) is 0.261. The Bertz CT molecular complexity index is 1110. The maximum Gasteiger partial charge on any atom is 0.261 e. The van der Waals surface area contributed by atoms with Crippen molar-refractivity contribution in [1.29, 1.82) is 0 Å². The number of rotatable bonds is 7. The van der Waals surface area contributed by atoms with Crippen LogP contribution >= 0.6 is 0 Å². The molecule has 0 aromatic heterocycles. The standard InChI is InChI=1S/C23H25NO4S/c1-4-22(18-10-13-21(14-11-18)29(3,26)27)24-23(25)16(2)28-20-12-9-17-7-5-6-8-19(17)15-20/h5-16,22H,4H2,1-3H3,(H,24,25)/t16-,22+/m0/s1. The molecule has 0 saturated heterocycles. The van der Waals surface area contributed by atoms with Gasteiger partial charge in [-0.3, -0.25) is 4.79 Å². The SMILES string of the molecule is CC[C@@H](NC(=O)[C@H](C)Oc1ccc2ccccc2c1)c1ccc(S(C)(=O)=O)cc1. The number of fused-ring (bicyclic) bond motifs is 1. The van der Waals surface area contributed by atoms with E-state index in [9.17, 15) is 13.2 Å². The molecule has 0 aliphatic carbocycles. The van der Waals surface area contributed by atoms with E-state index in [0.717, 1.165) is 16.3 Å². The summed E-state index contributed by atoms with van der Waals surface area (Å²) in [6.07, 6.45) is 1.18. The lowest BCUT2D eigenvalue weighted by Gasteiger charge is -2.21. The zero-order valence-electron chi connectivity index (χ0n) is 16.8. The molecule has 0 radical (unpaired) electrons. The van der Waals surface area contributed by atoms with E-state index in [4.69, 9.17) is 4.74 Å². The maximum absolute atomic E-state index is 12.6. The van der Waals surface area contributed by atoms with Gasteiger partial charge in [0, 0.05) is 6.26 Å². The van der Waals surface area contributed by atoms with Crippen LogP contribution in [0.5, 0.6) is 5.75 Å². The summed E-state index contributed by atoms with van der Waals surface area (Å²) in [6.45, 7) is 3.67. The van der Waals surface area contributed by atoms with E-state index in [1.165, 1.54) is 6.26 Å². The highest BCUT2D eigenvalue weighted by Gasteiger charge is 2.20. The maximum atomic E-state index is 12.6. The topological polar surface area (TPSA) is 72.5 Å². The number of hydrogen-bond donors (Lipinski definition) is 1. The molecule has 0 unspecified atom stereocenters. The van der Waals surface area contributed by atoms with Crippen molar-refractivity contribution < 1.29 is 17.9 Å². The predicted octanol–water partition coefficient (Wildman–Crippen LogP) is 4.28. The lowest BCUT2D eigenvalue weighted by atomic mass is 10.0. The van der Waals surface area contributed by atoms with Gasteiger partial charge in [0.25, 0.3) is 5.91 Å². The zero-order chi connectivity index (χ0) is 21.0. The van der Waals surface area contributed by atoms with E-state index in [-0.39, 0.29) is 16.8 Å². The molecule has 0 spiro atoms. The van der Waals surface area contributed by atoms with Crippen molar-refractivity contribution in [2.45, 2.75) is 37.3 Å². The van der Waals surface area contributed by atoms with Crippen LogP contribution in [0.2, 0.25) is 0 Å². The number of ether oxygens (including phenoxy) is 1. The fourth-order valence-electron chi connectivity index (χ4n) is 3.16. The van der Waals surface area contributed by atoms with Gasteiger partial charge in [-0.2, -0.15) is 0 Å². The molecule has 1 amide bonds. The molecule has 0 saturated carbocycles. The van der Waals surface area contributed by atoms with Crippen LogP contribution in [-0.4, -0.2) is 26.7 Å². The van der Waals surface area contributed by atoms with Crippen LogP contribution in [0, 0.1) is 0 Å². The van der Waals surface area contributed by atoms with E-state index in [2.05, 4.69) is 5.32 Å². The molecule has 2 atom stereocenters. The number of carbonyl (C=O) groups is 1. The van der Waals surface area contributed by atoms with Crippen LogP contribution in [-0.2, 0) is 14.6 Å². The first-order valence-corrected chi connectivity index (χ1v) is 11.4. The Morgan fingerprint density at radius 3 is 2.28 bits per heavy atom. The monoisotopic (exact) mass is 411 g/mol. The lowest BCUT2D eigenvalue weighted by Crippen LogP contribution is -2.38. The highest BCUT2D eigenvalue weighted by atomic mass is 32.2. The third-order valence-corrected chi connectivity index (χ3v) is 5.97. The molecule has 3 aromatic carbocycles. The summed E-state index contributed by atoms with van der Waals surface area (Å²) in [5, 5.41) is 5.15. The minimum Gasteiger partial charge on any atom is -0.481 e.